The molecule has 1 aliphatic carbocycles. The number of aryl methyl sites for hydroxylation is 3. The summed E-state index contributed by atoms with van der Waals surface area (Å²) in [5, 5.41) is 4.05. The molecule has 1 unspecified atom stereocenters. The lowest BCUT2D eigenvalue weighted by atomic mass is 10.1. The fourth-order valence-corrected chi connectivity index (χ4v) is 3.69. The maximum Gasteiger partial charge on any atom is 0.261 e. The van der Waals surface area contributed by atoms with Crippen LogP contribution in [0.5, 0.6) is 0 Å². The first-order valence-electron chi connectivity index (χ1n) is 8.13. The van der Waals surface area contributed by atoms with E-state index < -0.39 is 0 Å². The standard InChI is InChI=1S/C17H19N3O3/c1-10-8-14(19-23-10)15-6-3-7-20(15)17(22)12-9-11-4-2-5-13(11)18-16(12)21/h8-9,15H,2-7H2,1H3,(H,18,21). The molecule has 1 N–H and O–H groups in total. The number of H-pyrrole nitrogens is 1. The van der Waals surface area contributed by atoms with Crippen LogP contribution in [-0.2, 0) is 12.8 Å². The highest BCUT2D eigenvalue weighted by Gasteiger charge is 2.34. The van der Waals surface area contributed by atoms with Gasteiger partial charge < -0.3 is 14.4 Å². The summed E-state index contributed by atoms with van der Waals surface area (Å²) in [4.78, 5) is 29.8. The van der Waals surface area contributed by atoms with E-state index in [0.717, 1.165) is 54.8 Å². The van der Waals surface area contributed by atoms with Crippen molar-refractivity contribution < 1.29 is 9.32 Å². The van der Waals surface area contributed by atoms with Crippen LogP contribution in [-0.4, -0.2) is 27.5 Å². The van der Waals surface area contributed by atoms with Gasteiger partial charge in [0.1, 0.15) is 17.0 Å². The Morgan fingerprint density at radius 3 is 3.00 bits per heavy atom. The Labute approximate surface area is 133 Å². The van der Waals surface area contributed by atoms with Crippen LogP contribution >= 0.6 is 0 Å². The van der Waals surface area contributed by atoms with Gasteiger partial charge in [-0.2, -0.15) is 0 Å². The fourth-order valence-electron chi connectivity index (χ4n) is 3.69. The first kappa shape index (κ1) is 14.2. The van der Waals surface area contributed by atoms with Crippen molar-refractivity contribution in [2.24, 2.45) is 0 Å². The lowest BCUT2D eigenvalue weighted by Crippen LogP contribution is -2.35. The molecule has 0 spiro atoms. The number of amides is 1. The van der Waals surface area contributed by atoms with Gasteiger partial charge in [-0.25, -0.2) is 0 Å². The average Bonchev–Trinajstić information content (AvgIpc) is 3.24. The van der Waals surface area contributed by atoms with Crippen LogP contribution < -0.4 is 5.56 Å². The van der Waals surface area contributed by atoms with Crippen LogP contribution in [0.15, 0.2) is 21.5 Å². The predicted octanol–water partition coefficient (Wildman–Crippen LogP) is 2.14. The van der Waals surface area contributed by atoms with E-state index in [1.165, 1.54) is 0 Å². The number of aromatic amines is 1. The number of fused-ring (bicyclic) bond motifs is 1. The molecule has 23 heavy (non-hydrogen) atoms. The molecule has 120 valence electrons. The molecule has 1 aliphatic heterocycles. The number of rotatable bonds is 2. The number of aromatic nitrogens is 2. The summed E-state index contributed by atoms with van der Waals surface area (Å²) in [6.45, 7) is 2.48. The van der Waals surface area contributed by atoms with Crippen molar-refractivity contribution in [3.05, 3.63) is 50.8 Å². The molecule has 4 rings (SSSR count). The van der Waals surface area contributed by atoms with Crippen molar-refractivity contribution in [2.45, 2.75) is 45.1 Å². The fraction of sp³-hybridized carbons (Fsp3) is 0.471. The number of pyridine rings is 1. The maximum absolute atomic E-state index is 12.9. The number of carbonyl (C=O) groups is 1. The minimum absolute atomic E-state index is 0.104. The number of likely N-dealkylation sites (tertiary alicyclic amines) is 1. The van der Waals surface area contributed by atoms with Crippen LogP contribution in [0.1, 0.15) is 58.4 Å². The molecular formula is C17H19N3O3. The maximum atomic E-state index is 12.9. The van der Waals surface area contributed by atoms with Gasteiger partial charge in [-0.3, -0.25) is 9.59 Å². The van der Waals surface area contributed by atoms with E-state index >= 15 is 0 Å². The number of hydrogen-bond donors (Lipinski definition) is 1. The van der Waals surface area contributed by atoms with Crippen molar-refractivity contribution in [3.8, 4) is 0 Å². The Morgan fingerprint density at radius 1 is 1.35 bits per heavy atom. The highest BCUT2D eigenvalue weighted by Crippen LogP contribution is 2.32. The van der Waals surface area contributed by atoms with Gasteiger partial charge in [-0.15, -0.1) is 0 Å². The van der Waals surface area contributed by atoms with E-state index in [9.17, 15) is 9.59 Å². The molecule has 2 aliphatic rings. The van der Waals surface area contributed by atoms with E-state index in [4.69, 9.17) is 4.52 Å². The Balaban J connectivity index is 1.67. The van der Waals surface area contributed by atoms with E-state index in [-0.39, 0.29) is 23.1 Å². The third-order valence-corrected chi connectivity index (χ3v) is 4.82. The van der Waals surface area contributed by atoms with Gasteiger partial charge in [0.25, 0.3) is 11.5 Å². The third kappa shape index (κ3) is 2.38. The van der Waals surface area contributed by atoms with E-state index in [0.29, 0.717) is 6.54 Å². The molecule has 1 fully saturated rings. The monoisotopic (exact) mass is 313 g/mol. The Morgan fingerprint density at radius 2 is 2.22 bits per heavy atom. The second kappa shape index (κ2) is 5.37. The van der Waals surface area contributed by atoms with Crippen LogP contribution in [0, 0.1) is 6.92 Å². The van der Waals surface area contributed by atoms with E-state index in [1.807, 2.05) is 13.0 Å². The first-order chi connectivity index (χ1) is 11.1. The summed E-state index contributed by atoms with van der Waals surface area (Å²) in [6, 6.07) is 3.54. The molecule has 1 saturated heterocycles. The quantitative estimate of drug-likeness (QED) is 0.921. The number of carbonyl (C=O) groups excluding carboxylic acids is 1. The third-order valence-electron chi connectivity index (χ3n) is 4.82. The summed E-state index contributed by atoms with van der Waals surface area (Å²) in [7, 11) is 0. The Bertz CT molecular complexity index is 821. The topological polar surface area (TPSA) is 79.2 Å². The zero-order chi connectivity index (χ0) is 16.0. The summed E-state index contributed by atoms with van der Waals surface area (Å²) >= 11 is 0. The average molecular weight is 313 g/mol. The largest absolute Gasteiger partial charge is 0.361 e. The molecule has 6 nitrogen and oxygen atoms in total. The predicted molar refractivity (Wildman–Crippen MR) is 83.3 cm³/mol. The van der Waals surface area contributed by atoms with Gasteiger partial charge in [0.2, 0.25) is 0 Å². The molecular weight excluding hydrogens is 294 g/mol. The van der Waals surface area contributed by atoms with Crippen LogP contribution in [0.25, 0.3) is 0 Å². The second-order valence-corrected chi connectivity index (χ2v) is 6.39. The Hall–Kier alpha value is -2.37. The molecule has 2 aromatic rings. The summed E-state index contributed by atoms with van der Waals surface area (Å²) in [5.41, 5.74) is 2.82. The Kier molecular flexibility index (Phi) is 3.32. The SMILES string of the molecule is Cc1cc(C2CCCN2C(=O)c2cc3c([nH]c2=O)CCC3)no1. The minimum Gasteiger partial charge on any atom is -0.361 e. The van der Waals surface area contributed by atoms with Crippen LogP contribution in [0.4, 0.5) is 0 Å². The van der Waals surface area contributed by atoms with Crippen molar-refractivity contribution in [1.82, 2.24) is 15.0 Å². The zero-order valence-electron chi connectivity index (χ0n) is 13.1. The van der Waals surface area contributed by atoms with Gasteiger partial charge >= 0.3 is 0 Å². The normalized spacial score (nSPS) is 20.0. The van der Waals surface area contributed by atoms with Crippen molar-refractivity contribution >= 4 is 5.91 Å². The number of nitrogens with one attached hydrogen (secondary N) is 1. The number of nitrogens with zero attached hydrogens (tertiary/aromatic N) is 2. The van der Waals surface area contributed by atoms with E-state index in [1.54, 1.807) is 11.0 Å². The number of hydrogen-bond acceptors (Lipinski definition) is 4. The molecule has 0 bridgehead atoms. The summed E-state index contributed by atoms with van der Waals surface area (Å²) in [6.07, 6.45) is 4.61. The second-order valence-electron chi connectivity index (χ2n) is 6.39. The molecule has 0 radical (unpaired) electrons. The van der Waals surface area contributed by atoms with Crippen LogP contribution in [0.3, 0.4) is 0 Å². The summed E-state index contributed by atoms with van der Waals surface area (Å²) in [5.74, 6) is 0.527. The molecule has 2 aromatic heterocycles. The molecule has 1 amide bonds. The summed E-state index contributed by atoms with van der Waals surface area (Å²) < 4.78 is 5.14. The van der Waals surface area contributed by atoms with Gasteiger partial charge in [-0.05, 0) is 50.7 Å². The van der Waals surface area contributed by atoms with Gasteiger partial charge in [0, 0.05) is 18.3 Å². The molecule has 1 atom stereocenters. The first-order valence-corrected chi connectivity index (χ1v) is 8.13. The highest BCUT2D eigenvalue weighted by molar-refractivity contribution is 5.94. The highest BCUT2D eigenvalue weighted by atomic mass is 16.5. The van der Waals surface area contributed by atoms with Gasteiger partial charge in [0.15, 0.2) is 0 Å². The molecule has 0 saturated carbocycles. The van der Waals surface area contributed by atoms with Crippen molar-refractivity contribution in [3.63, 3.8) is 0 Å². The molecule has 0 aromatic carbocycles. The van der Waals surface area contributed by atoms with Gasteiger partial charge in [-0.1, -0.05) is 5.16 Å². The smallest absolute Gasteiger partial charge is 0.261 e. The molecule has 6 heteroatoms. The van der Waals surface area contributed by atoms with Crippen molar-refractivity contribution in [1.29, 1.82) is 0 Å². The minimum atomic E-state index is -0.280. The molecule has 3 heterocycles. The lowest BCUT2D eigenvalue weighted by molar-refractivity contribution is 0.0729. The van der Waals surface area contributed by atoms with Crippen LogP contribution in [0.2, 0.25) is 0 Å². The van der Waals surface area contributed by atoms with Gasteiger partial charge in [0.05, 0.1) is 6.04 Å². The van der Waals surface area contributed by atoms with Crippen molar-refractivity contribution in [2.75, 3.05) is 6.54 Å². The van der Waals surface area contributed by atoms with E-state index in [2.05, 4.69) is 10.1 Å². The lowest BCUT2D eigenvalue weighted by Gasteiger charge is -2.23. The zero-order valence-corrected chi connectivity index (χ0v) is 13.1.